The number of aliphatic carboxylic acids is 1. The summed E-state index contributed by atoms with van der Waals surface area (Å²) in [4.78, 5) is 11.5. The Balaban J connectivity index is 2.13. The van der Waals surface area contributed by atoms with Crippen molar-refractivity contribution in [2.75, 3.05) is 0 Å². The van der Waals surface area contributed by atoms with E-state index in [-0.39, 0.29) is 11.8 Å². The Morgan fingerprint density at radius 3 is 2.75 bits per heavy atom. The number of benzene rings is 1. The third-order valence-electron chi connectivity index (χ3n) is 4.67. The highest BCUT2D eigenvalue weighted by atomic mass is 79.9. The first-order valence-corrected chi connectivity index (χ1v) is 8.24. The lowest BCUT2D eigenvalue weighted by atomic mass is 9.69. The fourth-order valence-electron chi connectivity index (χ4n) is 3.42. The van der Waals surface area contributed by atoms with Crippen LogP contribution in [0.4, 0.5) is 0 Å². The van der Waals surface area contributed by atoms with E-state index < -0.39 is 5.97 Å². The number of rotatable bonds is 4. The summed E-state index contributed by atoms with van der Waals surface area (Å²) in [6.07, 6.45) is 3.81. The molecule has 0 spiro atoms. The molecule has 3 heteroatoms. The van der Waals surface area contributed by atoms with Crippen LogP contribution in [0.5, 0.6) is 0 Å². The fourth-order valence-corrected chi connectivity index (χ4v) is 3.87. The summed E-state index contributed by atoms with van der Waals surface area (Å²) < 4.78 is 1.07. The van der Waals surface area contributed by atoms with Crippen LogP contribution in [-0.2, 0) is 11.2 Å². The number of carbonyl (C=O) groups is 1. The van der Waals surface area contributed by atoms with Gasteiger partial charge in [-0.25, -0.2) is 0 Å². The first-order valence-electron chi connectivity index (χ1n) is 7.44. The Labute approximate surface area is 129 Å². The van der Waals surface area contributed by atoms with Crippen molar-refractivity contribution < 1.29 is 9.90 Å². The van der Waals surface area contributed by atoms with Gasteiger partial charge in [-0.2, -0.15) is 0 Å². The zero-order valence-corrected chi connectivity index (χ0v) is 13.8. The minimum atomic E-state index is -0.618. The van der Waals surface area contributed by atoms with Crippen molar-refractivity contribution >= 4 is 21.9 Å². The van der Waals surface area contributed by atoms with Crippen LogP contribution in [0.3, 0.4) is 0 Å². The van der Waals surface area contributed by atoms with Crippen LogP contribution in [0.2, 0.25) is 0 Å². The average Bonchev–Trinajstić information content (AvgIpc) is 2.38. The average molecular weight is 339 g/mol. The van der Waals surface area contributed by atoms with Gasteiger partial charge in [0.15, 0.2) is 0 Å². The summed E-state index contributed by atoms with van der Waals surface area (Å²) in [5.41, 5.74) is 1.24. The molecular weight excluding hydrogens is 316 g/mol. The van der Waals surface area contributed by atoms with Gasteiger partial charge in [-0.15, -0.1) is 0 Å². The molecule has 0 saturated heterocycles. The molecule has 0 aromatic heterocycles. The van der Waals surface area contributed by atoms with Gasteiger partial charge >= 0.3 is 5.97 Å². The van der Waals surface area contributed by atoms with E-state index in [4.69, 9.17) is 0 Å². The number of carboxylic acid groups (broad SMARTS) is 1. The Morgan fingerprint density at radius 1 is 1.40 bits per heavy atom. The second-order valence-electron chi connectivity index (χ2n) is 6.36. The minimum Gasteiger partial charge on any atom is -0.481 e. The van der Waals surface area contributed by atoms with Crippen LogP contribution in [-0.4, -0.2) is 11.1 Å². The largest absolute Gasteiger partial charge is 0.481 e. The lowest BCUT2D eigenvalue weighted by Crippen LogP contribution is -2.33. The van der Waals surface area contributed by atoms with E-state index in [2.05, 4.69) is 41.9 Å². The van der Waals surface area contributed by atoms with Crippen molar-refractivity contribution in [3.63, 3.8) is 0 Å². The van der Waals surface area contributed by atoms with Crippen LogP contribution < -0.4 is 0 Å². The van der Waals surface area contributed by atoms with E-state index in [1.54, 1.807) is 0 Å². The van der Waals surface area contributed by atoms with Crippen molar-refractivity contribution in [3.8, 4) is 0 Å². The zero-order chi connectivity index (χ0) is 14.7. The molecule has 1 fully saturated rings. The number of hydrogen-bond donors (Lipinski definition) is 1. The van der Waals surface area contributed by atoms with Gasteiger partial charge in [0, 0.05) is 4.47 Å². The third-order valence-corrected chi connectivity index (χ3v) is 5.16. The number of carboxylic acids is 1. The number of hydrogen-bond acceptors (Lipinski definition) is 1. The van der Waals surface area contributed by atoms with Gasteiger partial charge in [-0.3, -0.25) is 4.79 Å². The molecule has 1 aliphatic carbocycles. The molecule has 3 atom stereocenters. The van der Waals surface area contributed by atoms with Gasteiger partial charge in [-0.1, -0.05) is 41.9 Å². The topological polar surface area (TPSA) is 37.3 Å². The van der Waals surface area contributed by atoms with Crippen molar-refractivity contribution in [2.45, 2.75) is 39.5 Å². The maximum absolute atomic E-state index is 11.5. The second kappa shape index (κ2) is 6.75. The maximum atomic E-state index is 11.5. The predicted octanol–water partition coefficient (Wildman–Crippen LogP) is 4.76. The van der Waals surface area contributed by atoms with E-state index in [0.29, 0.717) is 11.8 Å². The summed E-state index contributed by atoms with van der Waals surface area (Å²) in [6, 6.07) is 8.24. The summed E-state index contributed by atoms with van der Waals surface area (Å²) in [6.45, 7) is 4.50. The van der Waals surface area contributed by atoms with Gasteiger partial charge in [0.05, 0.1) is 5.92 Å². The van der Waals surface area contributed by atoms with Crippen LogP contribution in [0, 0.1) is 23.7 Å². The van der Waals surface area contributed by atoms with Crippen LogP contribution in [0.15, 0.2) is 28.7 Å². The first kappa shape index (κ1) is 15.6. The second-order valence-corrected chi connectivity index (χ2v) is 7.27. The molecule has 0 aliphatic heterocycles. The van der Waals surface area contributed by atoms with E-state index in [9.17, 15) is 9.90 Å². The normalized spacial score (nSPS) is 26.7. The highest BCUT2D eigenvalue weighted by Gasteiger charge is 2.35. The Hall–Kier alpha value is -0.830. The summed E-state index contributed by atoms with van der Waals surface area (Å²) in [7, 11) is 0. The van der Waals surface area contributed by atoms with Gasteiger partial charge in [0.1, 0.15) is 0 Å². The lowest BCUT2D eigenvalue weighted by molar-refractivity contribution is -0.145. The van der Waals surface area contributed by atoms with Crippen molar-refractivity contribution in [1.82, 2.24) is 0 Å². The van der Waals surface area contributed by atoms with Crippen LogP contribution in [0.1, 0.15) is 38.7 Å². The maximum Gasteiger partial charge on any atom is 0.306 e. The molecule has 1 aromatic carbocycles. The molecule has 2 nitrogen and oxygen atoms in total. The first-order chi connectivity index (χ1) is 9.47. The Bertz CT molecular complexity index is 470. The minimum absolute atomic E-state index is 0.177. The molecule has 0 amide bonds. The van der Waals surface area contributed by atoms with Crippen molar-refractivity contribution in [3.05, 3.63) is 34.3 Å². The summed E-state index contributed by atoms with van der Waals surface area (Å²) in [5, 5.41) is 9.46. The summed E-state index contributed by atoms with van der Waals surface area (Å²) >= 11 is 3.49. The predicted molar refractivity (Wildman–Crippen MR) is 84.6 cm³/mol. The summed E-state index contributed by atoms with van der Waals surface area (Å²) in [5.74, 6) is 0.789. The number of halogens is 1. The zero-order valence-electron chi connectivity index (χ0n) is 12.2. The van der Waals surface area contributed by atoms with E-state index in [1.807, 2.05) is 12.1 Å². The molecule has 1 saturated carbocycles. The van der Waals surface area contributed by atoms with Gasteiger partial charge in [0.25, 0.3) is 0 Å². The molecule has 3 unspecified atom stereocenters. The van der Waals surface area contributed by atoms with E-state index >= 15 is 0 Å². The highest BCUT2D eigenvalue weighted by Crippen LogP contribution is 2.39. The SMILES string of the molecule is CC(C)C1CCC(C(=O)O)C(Cc2cccc(Br)c2)C1. The molecule has 1 aromatic rings. The van der Waals surface area contributed by atoms with E-state index in [1.165, 1.54) is 5.56 Å². The van der Waals surface area contributed by atoms with Crippen LogP contribution in [0.25, 0.3) is 0 Å². The fraction of sp³-hybridized carbons (Fsp3) is 0.588. The standard InChI is InChI=1S/C17H23BrO2/c1-11(2)13-6-7-16(17(19)20)14(10-13)8-12-4-3-5-15(18)9-12/h3-5,9,11,13-14,16H,6-8,10H2,1-2H3,(H,19,20). The Morgan fingerprint density at radius 2 is 2.15 bits per heavy atom. The molecule has 0 heterocycles. The monoisotopic (exact) mass is 338 g/mol. The van der Waals surface area contributed by atoms with Gasteiger partial charge in [0.2, 0.25) is 0 Å². The Kier molecular flexibility index (Phi) is 5.25. The smallest absolute Gasteiger partial charge is 0.306 e. The third kappa shape index (κ3) is 3.85. The van der Waals surface area contributed by atoms with Gasteiger partial charge in [-0.05, 0) is 61.1 Å². The molecule has 2 rings (SSSR count). The van der Waals surface area contributed by atoms with Gasteiger partial charge < -0.3 is 5.11 Å². The van der Waals surface area contributed by atoms with E-state index in [0.717, 1.165) is 30.2 Å². The molecule has 0 radical (unpaired) electrons. The molecule has 1 aliphatic rings. The van der Waals surface area contributed by atoms with Crippen LogP contribution >= 0.6 is 15.9 Å². The molecular formula is C17H23BrO2. The highest BCUT2D eigenvalue weighted by molar-refractivity contribution is 9.10. The molecule has 1 N–H and O–H groups in total. The lowest BCUT2D eigenvalue weighted by Gasteiger charge is -2.36. The molecule has 110 valence electrons. The van der Waals surface area contributed by atoms with Crippen molar-refractivity contribution in [1.29, 1.82) is 0 Å². The van der Waals surface area contributed by atoms with Crippen molar-refractivity contribution in [2.24, 2.45) is 23.7 Å². The quantitative estimate of drug-likeness (QED) is 0.858. The molecule has 0 bridgehead atoms. The molecule has 20 heavy (non-hydrogen) atoms.